The van der Waals surface area contributed by atoms with E-state index in [0.717, 1.165) is 50.0 Å². The zero-order valence-corrected chi connectivity index (χ0v) is 14.7. The number of aromatic nitrogens is 2. The number of carbonyl (C=O) groups excluding carboxylic acids is 1. The fraction of sp³-hybridized carbons (Fsp3) is 0.450. The largest absolute Gasteiger partial charge is 0.341 e. The molecule has 0 atom stereocenters. The molecular formula is C20H24N4O. The number of aryl methyl sites for hydroxylation is 1. The first kappa shape index (κ1) is 16.1. The number of rotatable bonds is 2. The minimum Gasteiger partial charge on any atom is -0.341 e. The second-order valence-corrected chi connectivity index (χ2v) is 7.13. The number of amides is 1. The normalized spacial score (nSPS) is 18.1. The monoisotopic (exact) mass is 336 g/mol. The average Bonchev–Trinajstić information content (AvgIpc) is 2.68. The second kappa shape index (κ2) is 6.82. The molecule has 3 heterocycles. The first-order valence-corrected chi connectivity index (χ1v) is 9.19. The maximum absolute atomic E-state index is 12.9. The number of anilines is 2. The van der Waals surface area contributed by atoms with Crippen LogP contribution in [0.5, 0.6) is 0 Å². The first-order chi connectivity index (χ1) is 12.2. The van der Waals surface area contributed by atoms with Crippen molar-refractivity contribution >= 4 is 17.5 Å². The number of carbonyl (C=O) groups is 1. The maximum atomic E-state index is 12.9. The highest BCUT2D eigenvalue weighted by molar-refractivity contribution is 6.06. The molecule has 0 radical (unpaired) electrons. The van der Waals surface area contributed by atoms with Crippen LogP contribution in [0.1, 0.15) is 42.1 Å². The van der Waals surface area contributed by atoms with E-state index in [1.807, 2.05) is 23.1 Å². The Bertz CT molecular complexity index is 751. The second-order valence-electron chi connectivity index (χ2n) is 7.13. The van der Waals surface area contributed by atoms with E-state index in [2.05, 4.69) is 27.9 Å². The van der Waals surface area contributed by atoms with Crippen molar-refractivity contribution in [3.05, 3.63) is 47.8 Å². The van der Waals surface area contributed by atoms with Gasteiger partial charge in [0.05, 0.1) is 5.56 Å². The van der Waals surface area contributed by atoms with E-state index >= 15 is 0 Å². The quantitative estimate of drug-likeness (QED) is 0.844. The number of para-hydroxylation sites is 1. The molecule has 0 saturated carbocycles. The fourth-order valence-electron chi connectivity index (χ4n) is 3.70. The smallest absolute Gasteiger partial charge is 0.261 e. The van der Waals surface area contributed by atoms with Crippen molar-refractivity contribution in [2.75, 3.05) is 29.4 Å². The molecule has 0 aliphatic carbocycles. The van der Waals surface area contributed by atoms with Gasteiger partial charge >= 0.3 is 0 Å². The number of nitrogens with zero attached hydrogens (tertiary/aromatic N) is 4. The highest BCUT2D eigenvalue weighted by Crippen LogP contribution is 2.28. The molecule has 1 aromatic carbocycles. The van der Waals surface area contributed by atoms with Crippen LogP contribution in [-0.4, -0.2) is 35.5 Å². The Labute approximate surface area is 148 Å². The molecule has 25 heavy (non-hydrogen) atoms. The van der Waals surface area contributed by atoms with Gasteiger partial charge in [-0.2, -0.15) is 0 Å². The number of piperidine rings is 1. The molecule has 0 N–H and O–H groups in total. The summed E-state index contributed by atoms with van der Waals surface area (Å²) in [5, 5.41) is 0. The van der Waals surface area contributed by atoms with Crippen LogP contribution in [-0.2, 0) is 6.42 Å². The average molecular weight is 336 g/mol. The van der Waals surface area contributed by atoms with Gasteiger partial charge in [-0.25, -0.2) is 9.97 Å². The van der Waals surface area contributed by atoms with Crippen LogP contribution in [0, 0.1) is 5.92 Å². The van der Waals surface area contributed by atoms with Crippen molar-refractivity contribution in [2.24, 2.45) is 5.92 Å². The van der Waals surface area contributed by atoms with Gasteiger partial charge in [0.1, 0.15) is 0 Å². The van der Waals surface area contributed by atoms with Crippen LogP contribution < -0.4 is 9.80 Å². The summed E-state index contributed by atoms with van der Waals surface area (Å²) in [4.78, 5) is 25.9. The van der Waals surface area contributed by atoms with Crippen LogP contribution in [0.4, 0.5) is 11.6 Å². The summed E-state index contributed by atoms with van der Waals surface area (Å²) in [7, 11) is 0. The molecule has 1 fully saturated rings. The van der Waals surface area contributed by atoms with E-state index in [1.165, 1.54) is 18.4 Å². The Hall–Kier alpha value is -2.43. The van der Waals surface area contributed by atoms with Crippen molar-refractivity contribution in [3.8, 4) is 0 Å². The molecule has 2 aromatic rings. The van der Waals surface area contributed by atoms with Gasteiger partial charge in [0.15, 0.2) is 0 Å². The molecule has 1 saturated heterocycles. The molecule has 1 amide bonds. The fourth-order valence-corrected chi connectivity index (χ4v) is 3.70. The highest BCUT2D eigenvalue weighted by atomic mass is 16.2. The molecule has 4 rings (SSSR count). The van der Waals surface area contributed by atoms with Crippen LogP contribution in [0.15, 0.2) is 36.7 Å². The van der Waals surface area contributed by atoms with E-state index in [9.17, 15) is 4.79 Å². The molecular weight excluding hydrogens is 312 g/mol. The van der Waals surface area contributed by atoms with Crippen molar-refractivity contribution in [2.45, 2.75) is 32.6 Å². The minimum absolute atomic E-state index is 0.00836. The minimum atomic E-state index is -0.00836. The highest BCUT2D eigenvalue weighted by Gasteiger charge is 2.24. The number of benzene rings is 1. The van der Waals surface area contributed by atoms with E-state index in [4.69, 9.17) is 0 Å². The summed E-state index contributed by atoms with van der Waals surface area (Å²) in [6.45, 7) is 5.03. The third-order valence-electron chi connectivity index (χ3n) is 5.31. The van der Waals surface area contributed by atoms with E-state index in [-0.39, 0.29) is 5.91 Å². The van der Waals surface area contributed by atoms with Gasteiger partial charge in [-0.15, -0.1) is 0 Å². The summed E-state index contributed by atoms with van der Waals surface area (Å²) >= 11 is 0. The zero-order chi connectivity index (χ0) is 17.2. The maximum Gasteiger partial charge on any atom is 0.261 e. The number of fused-ring (bicyclic) bond motifs is 1. The zero-order valence-electron chi connectivity index (χ0n) is 14.7. The van der Waals surface area contributed by atoms with E-state index in [1.54, 1.807) is 12.4 Å². The Kier molecular flexibility index (Phi) is 4.38. The Morgan fingerprint density at radius 2 is 1.80 bits per heavy atom. The van der Waals surface area contributed by atoms with Crippen molar-refractivity contribution in [3.63, 3.8) is 0 Å². The van der Waals surface area contributed by atoms with Gasteiger partial charge in [0, 0.05) is 37.7 Å². The first-order valence-electron chi connectivity index (χ1n) is 9.19. The molecule has 130 valence electrons. The standard InChI is InChI=1S/C20H24N4O/c1-15-8-11-23(12-9-15)20-21-13-17(14-22-20)19(25)24-10-4-6-16-5-2-3-7-18(16)24/h2-3,5,7,13-15H,4,6,8-12H2,1H3. The Morgan fingerprint density at radius 1 is 1.08 bits per heavy atom. The van der Waals surface area contributed by atoms with E-state index < -0.39 is 0 Å². The topological polar surface area (TPSA) is 49.3 Å². The Balaban J connectivity index is 1.52. The molecule has 2 aliphatic rings. The van der Waals surface area contributed by atoms with Crippen LogP contribution in [0.2, 0.25) is 0 Å². The lowest BCUT2D eigenvalue weighted by Crippen LogP contribution is -2.36. The lowest BCUT2D eigenvalue weighted by Gasteiger charge is -2.31. The molecule has 2 aliphatic heterocycles. The van der Waals surface area contributed by atoms with Gasteiger partial charge in [-0.3, -0.25) is 4.79 Å². The lowest BCUT2D eigenvalue weighted by atomic mass is 10.00. The van der Waals surface area contributed by atoms with Crippen LogP contribution >= 0.6 is 0 Å². The van der Waals surface area contributed by atoms with E-state index in [0.29, 0.717) is 5.56 Å². The molecule has 5 heteroatoms. The van der Waals surface area contributed by atoms with Gasteiger partial charge in [0.2, 0.25) is 5.95 Å². The van der Waals surface area contributed by atoms with Gasteiger partial charge < -0.3 is 9.80 Å². The molecule has 0 unspecified atom stereocenters. The van der Waals surface area contributed by atoms with Crippen molar-refractivity contribution in [1.29, 1.82) is 0 Å². The summed E-state index contributed by atoms with van der Waals surface area (Å²) < 4.78 is 0. The number of hydrogen-bond donors (Lipinski definition) is 0. The molecule has 0 bridgehead atoms. The van der Waals surface area contributed by atoms with Crippen LogP contribution in [0.3, 0.4) is 0 Å². The lowest BCUT2D eigenvalue weighted by molar-refractivity contribution is 0.0984. The third kappa shape index (κ3) is 3.23. The Morgan fingerprint density at radius 3 is 2.56 bits per heavy atom. The summed E-state index contributed by atoms with van der Waals surface area (Å²) in [6, 6.07) is 8.15. The summed E-state index contributed by atoms with van der Waals surface area (Å²) in [5.74, 6) is 1.50. The SMILES string of the molecule is CC1CCN(c2ncc(C(=O)N3CCCc4ccccc43)cn2)CC1. The van der Waals surface area contributed by atoms with Gasteiger partial charge in [-0.1, -0.05) is 25.1 Å². The third-order valence-corrected chi connectivity index (χ3v) is 5.31. The predicted octanol–water partition coefficient (Wildman–Crippen LogP) is 3.31. The summed E-state index contributed by atoms with van der Waals surface area (Å²) in [5.41, 5.74) is 2.82. The molecule has 0 spiro atoms. The predicted molar refractivity (Wildman–Crippen MR) is 99.1 cm³/mol. The van der Waals surface area contributed by atoms with Crippen molar-refractivity contribution < 1.29 is 4.79 Å². The molecule has 1 aromatic heterocycles. The van der Waals surface area contributed by atoms with Crippen molar-refractivity contribution in [1.82, 2.24) is 9.97 Å². The van der Waals surface area contributed by atoms with Crippen LogP contribution in [0.25, 0.3) is 0 Å². The summed E-state index contributed by atoms with van der Waals surface area (Å²) in [6.07, 6.45) is 7.74. The molecule has 5 nitrogen and oxygen atoms in total. The van der Waals surface area contributed by atoms with Gasteiger partial charge in [0.25, 0.3) is 5.91 Å². The number of hydrogen-bond acceptors (Lipinski definition) is 4. The van der Waals surface area contributed by atoms with Gasteiger partial charge in [-0.05, 0) is 43.2 Å².